The number of rotatable bonds is 7. The van der Waals surface area contributed by atoms with Gasteiger partial charge in [0.05, 0.1) is 16.7 Å². The molecule has 0 bridgehead atoms. The number of halogens is 2. The van der Waals surface area contributed by atoms with Gasteiger partial charge in [-0.25, -0.2) is 13.4 Å². The summed E-state index contributed by atoms with van der Waals surface area (Å²) in [5.74, 6) is -0.0110. The lowest BCUT2D eigenvalue weighted by molar-refractivity contribution is -0.136. The van der Waals surface area contributed by atoms with Crippen LogP contribution in [0.15, 0.2) is 65.6 Å². The molecule has 1 aromatic heterocycles. The van der Waals surface area contributed by atoms with Gasteiger partial charge < -0.3 is 14.5 Å². The molecule has 2 saturated heterocycles. The van der Waals surface area contributed by atoms with Crippen molar-refractivity contribution in [1.82, 2.24) is 19.1 Å². The van der Waals surface area contributed by atoms with E-state index in [2.05, 4.69) is 4.98 Å². The molecule has 0 saturated carbocycles. The van der Waals surface area contributed by atoms with Gasteiger partial charge in [-0.2, -0.15) is 9.57 Å². The molecule has 48 heavy (non-hydrogen) atoms. The van der Waals surface area contributed by atoms with Gasteiger partial charge in [-0.1, -0.05) is 41.4 Å². The van der Waals surface area contributed by atoms with Crippen LogP contribution in [0, 0.1) is 25.2 Å². The minimum atomic E-state index is -4.20. The number of carbonyl (C=O) groups is 2. The van der Waals surface area contributed by atoms with E-state index >= 15 is 0 Å². The van der Waals surface area contributed by atoms with Crippen molar-refractivity contribution in [3.63, 3.8) is 0 Å². The molecule has 0 N–H and O–H groups in total. The average Bonchev–Trinajstić information content (AvgIpc) is 3.59. The summed E-state index contributed by atoms with van der Waals surface area (Å²) in [7, 11) is -4.20. The molecule has 1 unspecified atom stereocenters. The first kappa shape index (κ1) is 33.7. The van der Waals surface area contributed by atoms with E-state index in [1.807, 2.05) is 38.1 Å². The Labute approximate surface area is 289 Å². The first-order valence-electron chi connectivity index (χ1n) is 15.6. The van der Waals surface area contributed by atoms with Crippen molar-refractivity contribution >= 4 is 55.9 Å². The summed E-state index contributed by atoms with van der Waals surface area (Å²) in [5, 5.41) is 10.3. The van der Waals surface area contributed by atoms with Gasteiger partial charge in [-0.05, 0) is 74.7 Å². The van der Waals surface area contributed by atoms with Crippen LogP contribution in [-0.4, -0.2) is 78.1 Å². The van der Waals surface area contributed by atoms with E-state index in [0.717, 1.165) is 16.6 Å². The predicted octanol–water partition coefficient (Wildman–Crippen LogP) is 5.75. The van der Waals surface area contributed by atoms with Gasteiger partial charge in [0.25, 0.3) is 5.91 Å². The number of ether oxygens (including phenoxy) is 1. The van der Waals surface area contributed by atoms with Crippen molar-refractivity contribution in [2.75, 3.05) is 32.7 Å². The van der Waals surface area contributed by atoms with Crippen LogP contribution in [0.4, 0.5) is 0 Å². The van der Waals surface area contributed by atoms with E-state index in [0.29, 0.717) is 53.9 Å². The Morgan fingerprint density at radius 3 is 2.46 bits per heavy atom. The molecule has 2 fully saturated rings. The third kappa shape index (κ3) is 6.45. The fourth-order valence-electron chi connectivity index (χ4n) is 6.38. The van der Waals surface area contributed by atoms with Crippen LogP contribution in [0.3, 0.4) is 0 Å². The number of nitriles is 1. The Balaban J connectivity index is 1.17. The maximum absolute atomic E-state index is 14.1. The number of sulfonamides is 1. The third-order valence-electron chi connectivity index (χ3n) is 8.85. The van der Waals surface area contributed by atoms with Gasteiger partial charge in [0.2, 0.25) is 15.9 Å². The van der Waals surface area contributed by atoms with Crippen molar-refractivity contribution < 1.29 is 22.7 Å². The third-order valence-corrected chi connectivity index (χ3v) is 11.7. The highest BCUT2D eigenvalue weighted by Crippen LogP contribution is 2.37. The molecule has 3 heterocycles. The van der Waals surface area contributed by atoms with E-state index in [1.165, 1.54) is 16.4 Å². The molecule has 2 amide bonds. The number of fused-ring (bicyclic) bond motifs is 1. The van der Waals surface area contributed by atoms with Gasteiger partial charge >= 0.3 is 0 Å². The van der Waals surface area contributed by atoms with E-state index in [4.69, 9.17) is 27.9 Å². The van der Waals surface area contributed by atoms with Crippen molar-refractivity contribution in [2.45, 2.75) is 44.2 Å². The standard InChI is InChI=1S/C35H33Cl2N5O5S/c1-22-18-23(2)39-33-26(22)8-4-10-30(33)47-21-27-28(36)11-12-31(32(27)37)48(45,46)42-13-5-9-29(42)35(44)41-16-14-40(15-17-41)34(43)25-7-3-6-24(19-25)20-38/h3-4,6-8,10-12,18-19,29H,5,9,13-17,21H2,1-2H3. The van der Waals surface area contributed by atoms with Crippen LogP contribution in [-0.2, 0) is 21.4 Å². The second kappa shape index (κ2) is 13.7. The SMILES string of the molecule is Cc1cc(C)c2cccc(OCc3c(Cl)ccc(S(=O)(=O)N4CCCC4C(=O)N4CCN(C(=O)c5cccc(C#N)c5)CC4)c3Cl)c2n1. The number of nitrogens with zero attached hydrogens (tertiary/aromatic N) is 5. The lowest BCUT2D eigenvalue weighted by atomic mass is 10.1. The van der Waals surface area contributed by atoms with Crippen molar-refractivity contribution in [3.05, 3.63) is 98.7 Å². The summed E-state index contributed by atoms with van der Waals surface area (Å²) < 4.78 is 35.5. The Morgan fingerprint density at radius 1 is 0.979 bits per heavy atom. The number of para-hydroxylation sites is 1. The number of hydrogen-bond donors (Lipinski definition) is 0. The largest absolute Gasteiger partial charge is 0.487 e. The molecule has 2 aliphatic heterocycles. The predicted molar refractivity (Wildman–Crippen MR) is 183 cm³/mol. The van der Waals surface area contributed by atoms with Crippen LogP contribution >= 0.6 is 23.2 Å². The molecule has 13 heteroatoms. The molecule has 4 aromatic rings. The van der Waals surface area contributed by atoms with Gasteiger partial charge in [0, 0.05) is 60.0 Å². The zero-order valence-electron chi connectivity index (χ0n) is 26.4. The van der Waals surface area contributed by atoms with E-state index < -0.39 is 16.1 Å². The zero-order chi connectivity index (χ0) is 34.2. The Bertz CT molecular complexity index is 2080. The molecule has 3 aromatic carbocycles. The van der Waals surface area contributed by atoms with Crippen molar-refractivity contribution in [3.8, 4) is 11.8 Å². The molecular weight excluding hydrogens is 673 g/mol. The summed E-state index contributed by atoms with van der Waals surface area (Å²) in [5.41, 5.74) is 3.69. The summed E-state index contributed by atoms with van der Waals surface area (Å²) in [4.78, 5) is 34.5. The smallest absolute Gasteiger partial charge is 0.254 e. The fourth-order valence-corrected chi connectivity index (χ4v) is 8.89. The Hall–Kier alpha value is -4.21. The Morgan fingerprint density at radius 2 is 1.71 bits per heavy atom. The van der Waals surface area contributed by atoms with Gasteiger partial charge in [-0.3, -0.25) is 9.59 Å². The van der Waals surface area contributed by atoms with Gasteiger partial charge in [0.1, 0.15) is 28.8 Å². The summed E-state index contributed by atoms with van der Waals surface area (Å²) in [6, 6.07) is 18.1. The quantitative estimate of drug-likeness (QED) is 0.240. The second-order valence-electron chi connectivity index (χ2n) is 11.9. The normalized spacial score (nSPS) is 17.0. The minimum absolute atomic E-state index is 0.0613. The van der Waals surface area contributed by atoms with E-state index in [-0.39, 0.29) is 53.0 Å². The second-order valence-corrected chi connectivity index (χ2v) is 14.6. The van der Waals surface area contributed by atoms with Gasteiger partial charge in [-0.15, -0.1) is 0 Å². The van der Waals surface area contributed by atoms with Crippen LogP contribution in [0.5, 0.6) is 5.75 Å². The molecule has 0 aliphatic carbocycles. The molecule has 0 radical (unpaired) electrons. The monoisotopic (exact) mass is 705 g/mol. The molecule has 0 spiro atoms. The minimum Gasteiger partial charge on any atom is -0.487 e. The summed E-state index contributed by atoms with van der Waals surface area (Å²) in [6.07, 6.45) is 0.879. The highest BCUT2D eigenvalue weighted by Gasteiger charge is 2.43. The average molecular weight is 707 g/mol. The number of amides is 2. The van der Waals surface area contributed by atoms with E-state index in [1.54, 1.807) is 40.1 Å². The summed E-state index contributed by atoms with van der Waals surface area (Å²) in [6.45, 7) is 5.08. The number of piperazine rings is 1. The maximum atomic E-state index is 14.1. The molecule has 2 aliphatic rings. The zero-order valence-corrected chi connectivity index (χ0v) is 28.8. The lowest BCUT2D eigenvalue weighted by Gasteiger charge is -2.37. The summed E-state index contributed by atoms with van der Waals surface area (Å²) >= 11 is 13.3. The lowest BCUT2D eigenvalue weighted by Crippen LogP contribution is -2.55. The van der Waals surface area contributed by atoms with Crippen LogP contribution in [0.25, 0.3) is 10.9 Å². The van der Waals surface area contributed by atoms with Gasteiger partial charge in [0.15, 0.2) is 0 Å². The van der Waals surface area contributed by atoms with E-state index in [9.17, 15) is 23.3 Å². The fraction of sp³-hybridized carbons (Fsp3) is 0.314. The molecular formula is C35H33Cl2N5O5S. The van der Waals surface area contributed by atoms with Crippen molar-refractivity contribution in [2.24, 2.45) is 0 Å². The number of aryl methyl sites for hydroxylation is 2. The first-order valence-corrected chi connectivity index (χ1v) is 17.8. The highest BCUT2D eigenvalue weighted by molar-refractivity contribution is 7.89. The topological polar surface area (TPSA) is 124 Å². The first-order chi connectivity index (χ1) is 23.0. The molecule has 248 valence electrons. The van der Waals surface area contributed by atoms with Crippen LogP contribution in [0.2, 0.25) is 10.0 Å². The molecule has 10 nitrogen and oxygen atoms in total. The maximum Gasteiger partial charge on any atom is 0.254 e. The number of carbonyl (C=O) groups excluding carboxylic acids is 2. The number of benzene rings is 3. The van der Waals surface area contributed by atoms with Crippen molar-refractivity contribution in [1.29, 1.82) is 5.26 Å². The molecule has 6 rings (SSSR count). The Kier molecular flexibility index (Phi) is 9.63. The molecule has 1 atom stereocenters. The highest BCUT2D eigenvalue weighted by atomic mass is 35.5. The number of aromatic nitrogens is 1. The van der Waals surface area contributed by atoms with Crippen LogP contribution in [0.1, 0.15) is 45.6 Å². The number of hydrogen-bond acceptors (Lipinski definition) is 7. The van der Waals surface area contributed by atoms with Crippen LogP contribution < -0.4 is 4.74 Å². The number of pyridine rings is 1.